The Morgan fingerprint density at radius 3 is 2.54 bits per heavy atom. The minimum atomic E-state index is -0.0110. The third kappa shape index (κ3) is 2.99. The largest absolute Gasteiger partial charge is 0.396 e. The van der Waals surface area contributed by atoms with Crippen molar-refractivity contribution in [2.24, 2.45) is 5.92 Å². The summed E-state index contributed by atoms with van der Waals surface area (Å²) < 4.78 is 0. The third-order valence-electron chi connectivity index (χ3n) is 2.65. The third-order valence-corrected chi connectivity index (χ3v) is 2.65. The highest BCUT2D eigenvalue weighted by Crippen LogP contribution is 2.13. The lowest BCUT2D eigenvalue weighted by Crippen LogP contribution is -2.39. The molecule has 1 unspecified atom stereocenters. The molecule has 0 spiro atoms. The molecule has 3 heteroatoms. The van der Waals surface area contributed by atoms with Crippen molar-refractivity contribution in [2.75, 3.05) is 19.7 Å². The van der Waals surface area contributed by atoms with Gasteiger partial charge >= 0.3 is 0 Å². The molecule has 13 heavy (non-hydrogen) atoms. The minimum absolute atomic E-state index is 0.0110. The monoisotopic (exact) mass is 185 g/mol. The summed E-state index contributed by atoms with van der Waals surface area (Å²) in [5.41, 5.74) is 0. The summed E-state index contributed by atoms with van der Waals surface area (Å²) in [6, 6.07) is 0. The molecule has 0 aromatic rings. The number of hydrogen-bond donors (Lipinski definition) is 1. The molecule has 1 fully saturated rings. The predicted molar refractivity (Wildman–Crippen MR) is 51.3 cm³/mol. The number of aliphatic hydroxyl groups is 1. The summed E-state index contributed by atoms with van der Waals surface area (Å²) in [6.45, 7) is 3.83. The van der Waals surface area contributed by atoms with Crippen molar-refractivity contribution in [1.29, 1.82) is 0 Å². The smallest absolute Gasteiger partial charge is 0.225 e. The maximum Gasteiger partial charge on any atom is 0.225 e. The van der Waals surface area contributed by atoms with Gasteiger partial charge in [0.15, 0.2) is 0 Å². The molecule has 0 aromatic carbocycles. The zero-order chi connectivity index (χ0) is 9.68. The Bertz CT molecular complexity index is 164. The fraction of sp³-hybridized carbons (Fsp3) is 0.900. The summed E-state index contributed by atoms with van der Waals surface area (Å²) in [6.07, 6.45) is 4.11. The van der Waals surface area contributed by atoms with Crippen LogP contribution in [-0.4, -0.2) is 35.6 Å². The van der Waals surface area contributed by atoms with Crippen molar-refractivity contribution < 1.29 is 9.90 Å². The minimum Gasteiger partial charge on any atom is -0.396 e. The highest BCUT2D eigenvalue weighted by atomic mass is 16.3. The first kappa shape index (κ1) is 10.5. The molecule has 3 nitrogen and oxygen atoms in total. The lowest BCUT2D eigenvalue weighted by molar-refractivity contribution is -0.136. The molecule has 0 radical (unpaired) electrons. The van der Waals surface area contributed by atoms with Crippen LogP contribution in [0.2, 0.25) is 0 Å². The van der Waals surface area contributed by atoms with Crippen LogP contribution in [0, 0.1) is 5.92 Å². The Labute approximate surface area is 79.7 Å². The van der Waals surface area contributed by atoms with Gasteiger partial charge in [-0.3, -0.25) is 4.79 Å². The normalized spacial score (nSPS) is 20.0. The number of aliphatic hydroxyl groups excluding tert-OH is 1. The van der Waals surface area contributed by atoms with Crippen molar-refractivity contribution in [2.45, 2.75) is 32.6 Å². The van der Waals surface area contributed by atoms with E-state index >= 15 is 0 Å². The SMILES string of the molecule is CC(CCO)C(=O)N1CCCCC1. The Hall–Kier alpha value is -0.570. The highest BCUT2D eigenvalue weighted by molar-refractivity contribution is 5.78. The molecule has 1 rings (SSSR count). The van der Waals surface area contributed by atoms with Gasteiger partial charge in [-0.15, -0.1) is 0 Å². The van der Waals surface area contributed by atoms with Gasteiger partial charge in [-0.2, -0.15) is 0 Å². The van der Waals surface area contributed by atoms with Crippen molar-refractivity contribution in [3.8, 4) is 0 Å². The zero-order valence-corrected chi connectivity index (χ0v) is 8.33. The lowest BCUT2D eigenvalue weighted by Gasteiger charge is -2.29. The molecule has 1 heterocycles. The number of carbonyl (C=O) groups excluding carboxylic acids is 1. The molecule has 0 aliphatic carbocycles. The molecule has 76 valence electrons. The summed E-state index contributed by atoms with van der Waals surface area (Å²) in [4.78, 5) is 13.6. The molecular formula is C10H19NO2. The molecule has 0 saturated carbocycles. The number of amides is 1. The fourth-order valence-corrected chi connectivity index (χ4v) is 1.74. The van der Waals surface area contributed by atoms with Gasteiger partial charge in [0, 0.05) is 25.6 Å². The van der Waals surface area contributed by atoms with Gasteiger partial charge < -0.3 is 10.0 Å². The van der Waals surface area contributed by atoms with E-state index in [-0.39, 0.29) is 18.4 Å². The second-order valence-corrected chi connectivity index (χ2v) is 3.80. The number of hydrogen-bond acceptors (Lipinski definition) is 2. The first-order chi connectivity index (χ1) is 6.25. The number of rotatable bonds is 3. The maximum absolute atomic E-state index is 11.7. The molecule has 1 atom stereocenters. The second-order valence-electron chi connectivity index (χ2n) is 3.80. The van der Waals surface area contributed by atoms with Crippen LogP contribution in [0.15, 0.2) is 0 Å². The number of likely N-dealkylation sites (tertiary alicyclic amines) is 1. The molecule has 1 amide bonds. The predicted octanol–water partition coefficient (Wildman–Crippen LogP) is 1.02. The van der Waals surface area contributed by atoms with Crippen LogP contribution < -0.4 is 0 Å². The van der Waals surface area contributed by atoms with Crippen LogP contribution in [0.25, 0.3) is 0 Å². The van der Waals surface area contributed by atoms with Crippen LogP contribution in [0.1, 0.15) is 32.6 Å². The Morgan fingerprint density at radius 2 is 2.00 bits per heavy atom. The summed E-state index contributed by atoms with van der Waals surface area (Å²) in [7, 11) is 0. The van der Waals surface area contributed by atoms with Crippen molar-refractivity contribution in [3.63, 3.8) is 0 Å². The van der Waals surface area contributed by atoms with E-state index in [1.807, 2.05) is 11.8 Å². The van der Waals surface area contributed by atoms with Crippen molar-refractivity contribution >= 4 is 5.91 Å². The van der Waals surface area contributed by atoms with Crippen LogP contribution in [0.4, 0.5) is 0 Å². The van der Waals surface area contributed by atoms with E-state index < -0.39 is 0 Å². The van der Waals surface area contributed by atoms with E-state index in [0.29, 0.717) is 6.42 Å². The van der Waals surface area contributed by atoms with Gasteiger partial charge in [0.1, 0.15) is 0 Å². The average molecular weight is 185 g/mol. The van der Waals surface area contributed by atoms with Crippen molar-refractivity contribution in [1.82, 2.24) is 4.90 Å². The van der Waals surface area contributed by atoms with E-state index in [2.05, 4.69) is 0 Å². The Kier molecular flexibility index (Phi) is 4.22. The second kappa shape index (κ2) is 5.22. The van der Waals surface area contributed by atoms with E-state index in [1.165, 1.54) is 6.42 Å². The lowest BCUT2D eigenvalue weighted by atomic mass is 10.0. The van der Waals surface area contributed by atoms with Crippen LogP contribution >= 0.6 is 0 Å². The van der Waals surface area contributed by atoms with E-state index in [1.54, 1.807) is 0 Å². The molecule has 1 N–H and O–H groups in total. The molecular weight excluding hydrogens is 166 g/mol. The van der Waals surface area contributed by atoms with Gasteiger partial charge in [0.05, 0.1) is 0 Å². The topological polar surface area (TPSA) is 40.5 Å². The van der Waals surface area contributed by atoms with Gasteiger partial charge in [0.2, 0.25) is 5.91 Å². The average Bonchev–Trinajstić information content (AvgIpc) is 2.18. The van der Waals surface area contributed by atoms with Gasteiger partial charge in [-0.25, -0.2) is 0 Å². The van der Waals surface area contributed by atoms with Gasteiger partial charge in [-0.05, 0) is 25.7 Å². The zero-order valence-electron chi connectivity index (χ0n) is 8.33. The van der Waals surface area contributed by atoms with Gasteiger partial charge in [0.25, 0.3) is 0 Å². The Morgan fingerprint density at radius 1 is 1.38 bits per heavy atom. The quantitative estimate of drug-likeness (QED) is 0.713. The van der Waals surface area contributed by atoms with Crippen molar-refractivity contribution in [3.05, 3.63) is 0 Å². The van der Waals surface area contributed by atoms with Gasteiger partial charge in [-0.1, -0.05) is 6.92 Å². The first-order valence-electron chi connectivity index (χ1n) is 5.15. The van der Waals surface area contributed by atoms with E-state index in [0.717, 1.165) is 25.9 Å². The molecule has 1 aliphatic rings. The maximum atomic E-state index is 11.7. The molecule has 0 aromatic heterocycles. The molecule has 0 bridgehead atoms. The molecule has 1 saturated heterocycles. The van der Waals surface area contributed by atoms with E-state index in [9.17, 15) is 4.79 Å². The van der Waals surface area contributed by atoms with Crippen LogP contribution in [-0.2, 0) is 4.79 Å². The highest BCUT2D eigenvalue weighted by Gasteiger charge is 2.21. The standard InChI is InChI=1S/C10H19NO2/c1-9(5-8-12)10(13)11-6-3-2-4-7-11/h9,12H,2-8H2,1H3. The molecule has 1 aliphatic heterocycles. The van der Waals surface area contributed by atoms with E-state index in [4.69, 9.17) is 5.11 Å². The summed E-state index contributed by atoms with van der Waals surface area (Å²) >= 11 is 0. The van der Waals surface area contributed by atoms with Crippen LogP contribution in [0.5, 0.6) is 0 Å². The summed E-state index contributed by atoms with van der Waals surface area (Å²) in [5.74, 6) is 0.205. The summed E-state index contributed by atoms with van der Waals surface area (Å²) in [5, 5.41) is 8.71. The van der Waals surface area contributed by atoms with Crippen LogP contribution in [0.3, 0.4) is 0 Å². The Balaban J connectivity index is 2.36. The fourth-order valence-electron chi connectivity index (χ4n) is 1.74. The number of carbonyl (C=O) groups is 1. The first-order valence-corrected chi connectivity index (χ1v) is 5.15. The number of piperidine rings is 1. The number of nitrogens with zero attached hydrogens (tertiary/aromatic N) is 1.